The molecular weight excluding hydrogens is 468 g/mol. The van der Waals surface area contributed by atoms with Crippen LogP contribution in [-0.4, -0.2) is 33.7 Å². The van der Waals surface area contributed by atoms with Gasteiger partial charge in [-0.05, 0) is 40.8 Å². The molecule has 0 bridgehead atoms. The zero-order valence-electron chi connectivity index (χ0n) is 20.9. The first kappa shape index (κ1) is 25.6. The highest BCUT2D eigenvalue weighted by molar-refractivity contribution is 5.91. The normalized spacial score (nSPS) is 14.4. The summed E-state index contributed by atoms with van der Waals surface area (Å²) in [6.45, 7) is 4.04. The number of carbonyl (C=O) groups excluding carboxylic acids is 3. The van der Waals surface area contributed by atoms with Crippen molar-refractivity contribution in [3.63, 3.8) is 0 Å². The van der Waals surface area contributed by atoms with Crippen molar-refractivity contribution in [1.82, 2.24) is 20.4 Å². The Balaban J connectivity index is 0.000000342. The van der Waals surface area contributed by atoms with E-state index < -0.39 is 12.1 Å². The van der Waals surface area contributed by atoms with E-state index in [1.54, 1.807) is 6.20 Å². The minimum atomic E-state index is -0.750. The predicted molar refractivity (Wildman–Crippen MR) is 141 cm³/mol. The number of rotatable bonds is 4. The van der Waals surface area contributed by atoms with E-state index in [0.717, 1.165) is 28.5 Å². The zero-order valence-corrected chi connectivity index (χ0v) is 20.9. The summed E-state index contributed by atoms with van der Waals surface area (Å²) in [6, 6.07) is 22.8. The van der Waals surface area contributed by atoms with Gasteiger partial charge < -0.3 is 15.4 Å². The van der Waals surface area contributed by atoms with E-state index in [1.165, 1.54) is 17.2 Å². The molecule has 37 heavy (non-hydrogen) atoms. The Kier molecular flexibility index (Phi) is 8.30. The van der Waals surface area contributed by atoms with Gasteiger partial charge in [0.15, 0.2) is 0 Å². The molecule has 2 amide bonds. The lowest BCUT2D eigenvalue weighted by Gasteiger charge is -2.15. The number of benzene rings is 3. The summed E-state index contributed by atoms with van der Waals surface area (Å²) in [5, 5.41) is 10.4. The molecule has 3 aromatic carbocycles. The van der Waals surface area contributed by atoms with Crippen LogP contribution < -0.4 is 10.6 Å². The van der Waals surface area contributed by atoms with E-state index in [0.29, 0.717) is 18.5 Å². The molecule has 8 heteroatoms. The molecule has 4 aromatic rings. The molecule has 1 atom stereocenters. The van der Waals surface area contributed by atoms with E-state index >= 15 is 0 Å². The van der Waals surface area contributed by atoms with Crippen LogP contribution in [0.15, 0.2) is 79.0 Å². The van der Waals surface area contributed by atoms with Gasteiger partial charge in [-0.2, -0.15) is 5.10 Å². The Morgan fingerprint density at radius 2 is 1.70 bits per heavy atom. The molecule has 0 saturated heterocycles. The molecule has 8 nitrogen and oxygen atoms in total. The van der Waals surface area contributed by atoms with Crippen LogP contribution in [0.5, 0.6) is 0 Å². The summed E-state index contributed by atoms with van der Waals surface area (Å²) < 4.78 is 6.56. The third-order valence-electron chi connectivity index (χ3n) is 6.14. The van der Waals surface area contributed by atoms with E-state index in [1.807, 2.05) is 48.5 Å². The molecular formula is C29H30N4O4. The Bertz CT molecular complexity index is 1380. The first-order chi connectivity index (χ1) is 17.9. The molecule has 5 rings (SSSR count). The number of alkyl carbamates (subject to hydrolysis) is 1. The molecule has 0 radical (unpaired) electrons. The van der Waals surface area contributed by atoms with Gasteiger partial charge in [-0.15, -0.1) is 0 Å². The number of hydrogen-bond donors (Lipinski definition) is 2. The van der Waals surface area contributed by atoms with E-state index in [2.05, 4.69) is 46.9 Å². The highest BCUT2D eigenvalue weighted by atomic mass is 16.5. The van der Waals surface area contributed by atoms with Gasteiger partial charge in [0.2, 0.25) is 11.8 Å². The summed E-state index contributed by atoms with van der Waals surface area (Å²) >= 11 is 0. The van der Waals surface area contributed by atoms with Crippen LogP contribution in [0, 0.1) is 0 Å². The van der Waals surface area contributed by atoms with Gasteiger partial charge >= 0.3 is 6.09 Å². The van der Waals surface area contributed by atoms with Crippen LogP contribution in [-0.2, 0) is 35.5 Å². The molecule has 0 spiro atoms. The van der Waals surface area contributed by atoms with Crippen molar-refractivity contribution in [2.75, 3.05) is 0 Å². The van der Waals surface area contributed by atoms with Crippen LogP contribution in [0.2, 0.25) is 0 Å². The number of nitrogens with one attached hydrogen (secondary N) is 2. The third kappa shape index (κ3) is 6.61. The van der Waals surface area contributed by atoms with Crippen molar-refractivity contribution in [1.29, 1.82) is 0 Å². The lowest BCUT2D eigenvalue weighted by Crippen LogP contribution is -2.46. The van der Waals surface area contributed by atoms with E-state index in [-0.39, 0.29) is 18.4 Å². The largest absolute Gasteiger partial charge is 0.445 e. The predicted octanol–water partition coefficient (Wildman–Crippen LogP) is 4.41. The number of ether oxygens (including phenoxy) is 1. The second-order valence-corrected chi connectivity index (χ2v) is 8.77. The summed E-state index contributed by atoms with van der Waals surface area (Å²) in [5.74, 6) is -0.464. The molecule has 2 heterocycles. The molecule has 0 saturated carbocycles. The lowest BCUT2D eigenvalue weighted by atomic mass is 10.00. The topological polar surface area (TPSA) is 102 Å². The maximum atomic E-state index is 12.4. The standard InChI is InChI=1S/C21H20N4O4.C8H10/c1-13(26)25-19-9-16-10-22-20(27)18(8-15(16)7-17(19)11-23-25)24-21(28)29-12-14-5-3-2-4-6-14;1-2-8-6-4-3-5-7-8/h2-7,9,11,18H,8,10,12H2,1H3,(H,22,27)(H,24,28);3-7H,2H2,1H3/t18-;/m1./s1. The minimum absolute atomic E-state index is 0.127. The first-order valence-corrected chi connectivity index (χ1v) is 12.2. The molecule has 190 valence electrons. The van der Waals surface area contributed by atoms with Crippen molar-refractivity contribution in [3.05, 3.63) is 101 Å². The van der Waals surface area contributed by atoms with Crippen molar-refractivity contribution in [2.45, 2.75) is 45.9 Å². The average molecular weight is 499 g/mol. The van der Waals surface area contributed by atoms with E-state index in [4.69, 9.17) is 4.74 Å². The molecule has 0 unspecified atom stereocenters. The van der Waals surface area contributed by atoms with Crippen molar-refractivity contribution in [2.24, 2.45) is 0 Å². The quantitative estimate of drug-likeness (QED) is 0.434. The van der Waals surface area contributed by atoms with Crippen LogP contribution in [0.4, 0.5) is 4.79 Å². The Morgan fingerprint density at radius 3 is 2.32 bits per heavy atom. The van der Waals surface area contributed by atoms with Crippen molar-refractivity contribution < 1.29 is 19.1 Å². The maximum absolute atomic E-state index is 12.4. The number of aromatic nitrogens is 2. The highest BCUT2D eigenvalue weighted by Crippen LogP contribution is 2.23. The van der Waals surface area contributed by atoms with Gasteiger partial charge in [0.1, 0.15) is 12.6 Å². The second-order valence-electron chi connectivity index (χ2n) is 8.77. The zero-order chi connectivity index (χ0) is 26.2. The summed E-state index contributed by atoms with van der Waals surface area (Å²) in [5.41, 5.74) is 4.76. The molecule has 1 aliphatic rings. The fraction of sp³-hybridized carbons (Fsp3) is 0.241. The van der Waals surface area contributed by atoms with Crippen LogP contribution in [0.1, 0.15) is 40.9 Å². The van der Waals surface area contributed by atoms with Gasteiger partial charge in [-0.1, -0.05) is 67.6 Å². The van der Waals surface area contributed by atoms with Gasteiger partial charge in [0, 0.05) is 25.3 Å². The number of amides is 2. The number of carbonyl (C=O) groups is 3. The number of nitrogens with zero attached hydrogens (tertiary/aromatic N) is 2. The monoisotopic (exact) mass is 498 g/mol. The Hall–Kier alpha value is -4.46. The van der Waals surface area contributed by atoms with Gasteiger partial charge in [-0.25, -0.2) is 9.48 Å². The van der Waals surface area contributed by atoms with Crippen LogP contribution >= 0.6 is 0 Å². The molecule has 0 fully saturated rings. The summed E-state index contributed by atoms with van der Waals surface area (Å²) in [7, 11) is 0. The Morgan fingerprint density at radius 1 is 1.03 bits per heavy atom. The maximum Gasteiger partial charge on any atom is 0.408 e. The smallest absolute Gasteiger partial charge is 0.408 e. The SMILES string of the molecule is CC(=O)n1ncc2cc3c(cc21)CNC(=O)[C@H](NC(=O)OCc1ccccc1)C3.CCc1ccccc1. The average Bonchev–Trinajstić information content (AvgIpc) is 3.27. The highest BCUT2D eigenvalue weighted by Gasteiger charge is 2.26. The minimum Gasteiger partial charge on any atom is -0.445 e. The number of hydrogen-bond acceptors (Lipinski definition) is 5. The molecule has 2 N–H and O–H groups in total. The van der Waals surface area contributed by atoms with E-state index in [9.17, 15) is 14.4 Å². The number of fused-ring (bicyclic) bond motifs is 2. The summed E-state index contributed by atoms with van der Waals surface area (Å²) in [6.07, 6.45) is 2.43. The van der Waals surface area contributed by atoms with Crippen molar-refractivity contribution >= 4 is 28.8 Å². The van der Waals surface area contributed by atoms with Gasteiger partial charge in [-0.3, -0.25) is 9.59 Å². The molecule has 1 aromatic heterocycles. The lowest BCUT2D eigenvalue weighted by molar-refractivity contribution is -0.123. The van der Waals surface area contributed by atoms with Crippen LogP contribution in [0.3, 0.4) is 0 Å². The summed E-state index contributed by atoms with van der Waals surface area (Å²) in [4.78, 5) is 36.3. The van der Waals surface area contributed by atoms with Gasteiger partial charge in [0.25, 0.3) is 0 Å². The third-order valence-corrected chi connectivity index (χ3v) is 6.14. The first-order valence-electron chi connectivity index (χ1n) is 12.2. The second kappa shape index (κ2) is 12.0. The van der Waals surface area contributed by atoms with Crippen molar-refractivity contribution in [3.8, 4) is 0 Å². The Labute approximate surface area is 215 Å². The van der Waals surface area contributed by atoms with Crippen LogP contribution in [0.25, 0.3) is 10.9 Å². The molecule has 1 aliphatic heterocycles. The molecule has 0 aliphatic carbocycles. The fourth-order valence-electron chi connectivity index (χ4n) is 4.13. The van der Waals surface area contributed by atoms with Gasteiger partial charge in [0.05, 0.1) is 11.7 Å². The fourth-order valence-corrected chi connectivity index (χ4v) is 4.13. The number of aryl methyl sites for hydroxylation is 1.